The summed E-state index contributed by atoms with van der Waals surface area (Å²) in [6, 6.07) is 12.1. The van der Waals surface area contributed by atoms with E-state index in [-0.39, 0.29) is 6.10 Å². The molecular formula is C14H18N2O. The standard InChI is InChI=1S/C14H18N2O/c17-14(8-12-4-2-1-3-5-12)11-16-10-13-6-7-15-9-13/h1-7,9,14-17H,8,10-11H2. The van der Waals surface area contributed by atoms with Crippen LogP contribution in [0.2, 0.25) is 0 Å². The molecule has 0 bridgehead atoms. The summed E-state index contributed by atoms with van der Waals surface area (Å²) in [5.41, 5.74) is 2.38. The van der Waals surface area contributed by atoms with E-state index in [1.165, 1.54) is 11.1 Å². The minimum absolute atomic E-state index is 0.337. The number of nitrogens with one attached hydrogen (secondary N) is 2. The number of aliphatic hydroxyl groups excluding tert-OH is 1. The molecule has 1 aromatic carbocycles. The third-order valence-electron chi connectivity index (χ3n) is 2.69. The average molecular weight is 230 g/mol. The maximum absolute atomic E-state index is 9.86. The van der Waals surface area contributed by atoms with Crippen LogP contribution in [0, 0.1) is 0 Å². The van der Waals surface area contributed by atoms with Crippen LogP contribution >= 0.6 is 0 Å². The van der Waals surface area contributed by atoms with Gasteiger partial charge in [0.2, 0.25) is 0 Å². The fraction of sp³-hybridized carbons (Fsp3) is 0.286. The number of rotatable bonds is 6. The van der Waals surface area contributed by atoms with Gasteiger partial charge in [-0.1, -0.05) is 30.3 Å². The van der Waals surface area contributed by atoms with Crippen LogP contribution < -0.4 is 5.32 Å². The molecule has 1 unspecified atom stereocenters. The smallest absolute Gasteiger partial charge is 0.0704 e. The third kappa shape index (κ3) is 4.06. The van der Waals surface area contributed by atoms with Crippen molar-refractivity contribution in [2.75, 3.05) is 6.54 Å². The summed E-state index contributed by atoms with van der Waals surface area (Å²) in [5, 5.41) is 13.1. The minimum atomic E-state index is -0.337. The zero-order valence-electron chi connectivity index (χ0n) is 9.76. The van der Waals surface area contributed by atoms with Gasteiger partial charge in [0.1, 0.15) is 0 Å². The number of H-pyrrole nitrogens is 1. The Hall–Kier alpha value is -1.58. The van der Waals surface area contributed by atoms with Crippen molar-refractivity contribution in [2.45, 2.75) is 19.1 Å². The number of aromatic nitrogens is 1. The van der Waals surface area contributed by atoms with Gasteiger partial charge in [0.25, 0.3) is 0 Å². The van der Waals surface area contributed by atoms with E-state index in [0.29, 0.717) is 13.0 Å². The van der Waals surface area contributed by atoms with Crippen LogP contribution in [0.4, 0.5) is 0 Å². The van der Waals surface area contributed by atoms with Crippen LogP contribution in [0.15, 0.2) is 48.8 Å². The van der Waals surface area contributed by atoms with Crippen molar-refractivity contribution in [1.82, 2.24) is 10.3 Å². The lowest BCUT2D eigenvalue weighted by molar-refractivity contribution is 0.171. The fourth-order valence-electron chi connectivity index (χ4n) is 1.81. The van der Waals surface area contributed by atoms with E-state index in [2.05, 4.69) is 10.3 Å². The molecule has 0 aliphatic carbocycles. The van der Waals surface area contributed by atoms with Gasteiger partial charge in [-0.3, -0.25) is 0 Å². The zero-order valence-corrected chi connectivity index (χ0v) is 9.76. The van der Waals surface area contributed by atoms with Gasteiger partial charge in [0.15, 0.2) is 0 Å². The number of benzene rings is 1. The first-order valence-electron chi connectivity index (χ1n) is 5.89. The van der Waals surface area contributed by atoms with E-state index in [1.807, 2.05) is 48.8 Å². The molecule has 0 spiro atoms. The molecule has 0 amide bonds. The molecule has 0 saturated heterocycles. The normalized spacial score (nSPS) is 12.5. The Morgan fingerprint density at radius 3 is 2.65 bits per heavy atom. The lowest BCUT2D eigenvalue weighted by Crippen LogP contribution is -2.27. The molecule has 1 atom stereocenters. The van der Waals surface area contributed by atoms with E-state index in [4.69, 9.17) is 0 Å². The van der Waals surface area contributed by atoms with Gasteiger partial charge >= 0.3 is 0 Å². The predicted molar refractivity (Wildman–Crippen MR) is 68.7 cm³/mol. The Labute approximate surface area is 102 Å². The lowest BCUT2D eigenvalue weighted by atomic mass is 10.1. The molecule has 3 N–H and O–H groups in total. The Bertz CT molecular complexity index is 411. The van der Waals surface area contributed by atoms with Gasteiger partial charge < -0.3 is 15.4 Å². The molecule has 1 aromatic heterocycles. The molecule has 3 nitrogen and oxygen atoms in total. The summed E-state index contributed by atoms with van der Waals surface area (Å²) >= 11 is 0. The Morgan fingerprint density at radius 1 is 1.12 bits per heavy atom. The highest BCUT2D eigenvalue weighted by molar-refractivity contribution is 5.15. The average Bonchev–Trinajstić information content (AvgIpc) is 2.83. The van der Waals surface area contributed by atoms with E-state index < -0.39 is 0 Å². The maximum Gasteiger partial charge on any atom is 0.0704 e. The number of hydrogen-bond donors (Lipinski definition) is 3. The summed E-state index contributed by atoms with van der Waals surface area (Å²) in [6.07, 6.45) is 4.21. The van der Waals surface area contributed by atoms with Crippen LogP contribution in [0.25, 0.3) is 0 Å². The number of hydrogen-bond acceptors (Lipinski definition) is 2. The van der Waals surface area contributed by atoms with E-state index in [9.17, 15) is 5.11 Å². The molecule has 17 heavy (non-hydrogen) atoms. The Morgan fingerprint density at radius 2 is 1.94 bits per heavy atom. The Kier molecular flexibility index (Phi) is 4.36. The number of aliphatic hydroxyl groups is 1. The zero-order chi connectivity index (χ0) is 11.9. The second-order valence-electron chi connectivity index (χ2n) is 4.19. The van der Waals surface area contributed by atoms with Gasteiger partial charge in [-0.05, 0) is 23.6 Å². The molecule has 0 fully saturated rings. The van der Waals surface area contributed by atoms with Crippen molar-refractivity contribution in [2.24, 2.45) is 0 Å². The highest BCUT2D eigenvalue weighted by Crippen LogP contribution is 2.02. The van der Waals surface area contributed by atoms with Gasteiger partial charge in [-0.2, -0.15) is 0 Å². The number of aromatic amines is 1. The van der Waals surface area contributed by atoms with Crippen molar-refractivity contribution in [1.29, 1.82) is 0 Å². The Balaban J connectivity index is 1.69. The second-order valence-corrected chi connectivity index (χ2v) is 4.19. The molecule has 0 aliphatic rings. The highest BCUT2D eigenvalue weighted by Gasteiger charge is 2.04. The predicted octanol–water partition coefficient (Wildman–Crippen LogP) is 1.71. The van der Waals surface area contributed by atoms with Crippen LogP contribution in [0.3, 0.4) is 0 Å². The third-order valence-corrected chi connectivity index (χ3v) is 2.69. The molecule has 90 valence electrons. The highest BCUT2D eigenvalue weighted by atomic mass is 16.3. The summed E-state index contributed by atoms with van der Waals surface area (Å²) in [5.74, 6) is 0. The van der Waals surface area contributed by atoms with Crippen LogP contribution in [-0.4, -0.2) is 22.7 Å². The van der Waals surface area contributed by atoms with Crippen LogP contribution in [0.5, 0.6) is 0 Å². The first-order chi connectivity index (χ1) is 8.34. The van der Waals surface area contributed by atoms with Crippen molar-refractivity contribution >= 4 is 0 Å². The quantitative estimate of drug-likeness (QED) is 0.707. The van der Waals surface area contributed by atoms with Crippen molar-refractivity contribution in [3.05, 3.63) is 59.9 Å². The van der Waals surface area contributed by atoms with Crippen LogP contribution in [0.1, 0.15) is 11.1 Å². The van der Waals surface area contributed by atoms with Crippen LogP contribution in [-0.2, 0) is 13.0 Å². The van der Waals surface area contributed by atoms with E-state index >= 15 is 0 Å². The molecule has 2 rings (SSSR count). The van der Waals surface area contributed by atoms with Crippen molar-refractivity contribution in [3.63, 3.8) is 0 Å². The van der Waals surface area contributed by atoms with Crippen molar-refractivity contribution < 1.29 is 5.11 Å². The molecule has 3 heteroatoms. The van der Waals surface area contributed by atoms with E-state index in [1.54, 1.807) is 0 Å². The first-order valence-corrected chi connectivity index (χ1v) is 5.89. The summed E-state index contributed by atoms with van der Waals surface area (Å²) in [6.45, 7) is 1.40. The second kappa shape index (κ2) is 6.23. The summed E-state index contributed by atoms with van der Waals surface area (Å²) < 4.78 is 0. The molecule has 0 saturated carbocycles. The fourth-order valence-corrected chi connectivity index (χ4v) is 1.81. The van der Waals surface area contributed by atoms with Gasteiger partial charge in [-0.15, -0.1) is 0 Å². The van der Waals surface area contributed by atoms with Crippen molar-refractivity contribution in [3.8, 4) is 0 Å². The lowest BCUT2D eigenvalue weighted by Gasteiger charge is -2.11. The summed E-state index contributed by atoms with van der Waals surface area (Å²) in [7, 11) is 0. The summed E-state index contributed by atoms with van der Waals surface area (Å²) in [4.78, 5) is 3.01. The largest absolute Gasteiger partial charge is 0.391 e. The molecule has 2 aromatic rings. The van der Waals surface area contributed by atoms with Gasteiger partial charge in [-0.25, -0.2) is 0 Å². The maximum atomic E-state index is 9.86. The van der Waals surface area contributed by atoms with E-state index in [0.717, 1.165) is 6.54 Å². The molecular weight excluding hydrogens is 212 g/mol. The first kappa shape index (κ1) is 11.9. The molecule has 0 aliphatic heterocycles. The monoisotopic (exact) mass is 230 g/mol. The SMILES string of the molecule is OC(CNCc1cc[nH]c1)Cc1ccccc1. The minimum Gasteiger partial charge on any atom is -0.391 e. The van der Waals surface area contributed by atoms with Gasteiger partial charge in [0, 0.05) is 25.5 Å². The molecule has 1 heterocycles. The van der Waals surface area contributed by atoms with Gasteiger partial charge in [0.05, 0.1) is 6.10 Å². The topological polar surface area (TPSA) is 48.0 Å². The molecule has 0 radical (unpaired) electrons.